The Morgan fingerprint density at radius 3 is 2.59 bits per heavy atom. The van der Waals surface area contributed by atoms with Gasteiger partial charge in [0, 0.05) is 18.2 Å². The molecule has 6 nitrogen and oxygen atoms in total. The van der Waals surface area contributed by atoms with Crippen molar-refractivity contribution in [2.45, 2.75) is 0 Å². The first-order valence-electron chi connectivity index (χ1n) is 8.31. The lowest BCUT2D eigenvalue weighted by molar-refractivity contribution is 0.0953. The first kappa shape index (κ1) is 17.8. The van der Waals surface area contributed by atoms with Gasteiger partial charge in [0.05, 0.1) is 11.3 Å². The van der Waals surface area contributed by atoms with Crippen molar-refractivity contribution < 1.29 is 4.79 Å². The van der Waals surface area contributed by atoms with Crippen LogP contribution in [0.25, 0.3) is 11.4 Å². The minimum absolute atomic E-state index is 0.225. The minimum atomic E-state index is -0.328. The second-order valence-corrected chi connectivity index (χ2v) is 5.61. The number of carbonyl (C=O) groups is 1. The van der Waals surface area contributed by atoms with E-state index < -0.39 is 0 Å². The number of nitrogens with one attached hydrogen (secondary N) is 2. The summed E-state index contributed by atoms with van der Waals surface area (Å²) in [4.78, 5) is 21.3. The molecule has 0 unspecified atom stereocenters. The third kappa shape index (κ3) is 4.35. The number of hydrogen-bond donors (Lipinski definition) is 2. The molecule has 0 aliphatic carbocycles. The molecule has 3 rings (SSSR count). The van der Waals surface area contributed by atoms with E-state index in [0.29, 0.717) is 29.4 Å². The van der Waals surface area contributed by atoms with Crippen molar-refractivity contribution in [3.63, 3.8) is 0 Å². The van der Waals surface area contributed by atoms with Crippen LogP contribution in [0.4, 0.5) is 11.5 Å². The maximum Gasteiger partial charge on any atom is 0.270 e. The lowest BCUT2D eigenvalue weighted by Gasteiger charge is -2.11. The summed E-state index contributed by atoms with van der Waals surface area (Å²) in [7, 11) is 0. The van der Waals surface area contributed by atoms with E-state index in [-0.39, 0.29) is 11.6 Å². The Kier molecular flexibility index (Phi) is 5.55. The Morgan fingerprint density at radius 1 is 1.11 bits per heavy atom. The molecule has 27 heavy (non-hydrogen) atoms. The molecular formula is C21H17N5O. The van der Waals surface area contributed by atoms with Crippen LogP contribution in [0.15, 0.2) is 73.3 Å². The summed E-state index contributed by atoms with van der Waals surface area (Å²) < 4.78 is 0. The van der Waals surface area contributed by atoms with Crippen LogP contribution < -0.4 is 10.6 Å². The van der Waals surface area contributed by atoms with Crippen molar-refractivity contribution >= 4 is 17.4 Å². The third-order valence-corrected chi connectivity index (χ3v) is 3.71. The highest BCUT2D eigenvalue weighted by Crippen LogP contribution is 2.22. The number of rotatable bonds is 6. The number of carbonyl (C=O) groups excluding carboxylic acids is 1. The zero-order valence-corrected chi connectivity index (χ0v) is 14.5. The standard InChI is InChI=1S/C21H17N5O/c1-2-12-23-21(27)18-13-19(24-17-11-7-6-10-16(17)14-22)26-20(25-18)15-8-4-3-5-9-15/h2-11,13H,1,12H2,(H,23,27)(H,24,25,26). The molecule has 0 saturated carbocycles. The Labute approximate surface area is 157 Å². The van der Waals surface area contributed by atoms with E-state index in [2.05, 4.69) is 33.2 Å². The van der Waals surface area contributed by atoms with Crippen molar-refractivity contribution in [3.05, 3.63) is 84.6 Å². The van der Waals surface area contributed by atoms with Crippen molar-refractivity contribution in [1.29, 1.82) is 5.26 Å². The first-order chi connectivity index (χ1) is 13.2. The number of nitriles is 1. The zero-order chi connectivity index (χ0) is 19.1. The van der Waals surface area contributed by atoms with Gasteiger partial charge in [-0.1, -0.05) is 48.5 Å². The Bertz CT molecular complexity index is 1010. The highest BCUT2D eigenvalue weighted by molar-refractivity contribution is 5.93. The van der Waals surface area contributed by atoms with Gasteiger partial charge in [-0.3, -0.25) is 4.79 Å². The van der Waals surface area contributed by atoms with Gasteiger partial charge < -0.3 is 10.6 Å². The highest BCUT2D eigenvalue weighted by atomic mass is 16.1. The summed E-state index contributed by atoms with van der Waals surface area (Å²) in [6, 6.07) is 20.2. The van der Waals surface area contributed by atoms with Gasteiger partial charge in [0.1, 0.15) is 17.6 Å². The fraction of sp³-hybridized carbons (Fsp3) is 0.0476. The van der Waals surface area contributed by atoms with Gasteiger partial charge in [-0.25, -0.2) is 9.97 Å². The van der Waals surface area contributed by atoms with Gasteiger partial charge in [0.25, 0.3) is 5.91 Å². The van der Waals surface area contributed by atoms with Crippen LogP contribution >= 0.6 is 0 Å². The van der Waals surface area contributed by atoms with Gasteiger partial charge in [-0.05, 0) is 12.1 Å². The van der Waals surface area contributed by atoms with Gasteiger partial charge in [0.15, 0.2) is 5.82 Å². The molecule has 0 spiro atoms. The van der Waals surface area contributed by atoms with Crippen LogP contribution in [0, 0.1) is 11.3 Å². The topological polar surface area (TPSA) is 90.7 Å². The van der Waals surface area contributed by atoms with E-state index in [0.717, 1.165) is 5.56 Å². The predicted molar refractivity (Wildman–Crippen MR) is 104 cm³/mol. The predicted octanol–water partition coefficient (Wildman–Crippen LogP) is 3.67. The second-order valence-electron chi connectivity index (χ2n) is 5.61. The van der Waals surface area contributed by atoms with Crippen LogP contribution in [-0.4, -0.2) is 22.4 Å². The average Bonchev–Trinajstić information content (AvgIpc) is 2.72. The Balaban J connectivity index is 2.03. The normalized spacial score (nSPS) is 9.89. The molecule has 2 N–H and O–H groups in total. The van der Waals surface area contributed by atoms with E-state index in [1.54, 1.807) is 30.3 Å². The van der Waals surface area contributed by atoms with Gasteiger partial charge in [0.2, 0.25) is 0 Å². The Hall–Kier alpha value is -3.98. The van der Waals surface area contributed by atoms with Crippen molar-refractivity contribution in [2.75, 3.05) is 11.9 Å². The van der Waals surface area contributed by atoms with E-state index in [4.69, 9.17) is 0 Å². The van der Waals surface area contributed by atoms with Gasteiger partial charge >= 0.3 is 0 Å². The SMILES string of the molecule is C=CCNC(=O)c1cc(Nc2ccccc2C#N)nc(-c2ccccc2)n1. The highest BCUT2D eigenvalue weighted by Gasteiger charge is 2.13. The fourth-order valence-corrected chi connectivity index (χ4v) is 2.43. The molecule has 1 aromatic heterocycles. The van der Waals surface area contributed by atoms with Crippen molar-refractivity contribution in [1.82, 2.24) is 15.3 Å². The van der Waals surface area contributed by atoms with Crippen LogP contribution in [0.2, 0.25) is 0 Å². The Morgan fingerprint density at radius 2 is 1.85 bits per heavy atom. The molecule has 3 aromatic rings. The summed E-state index contributed by atoms with van der Waals surface area (Å²) in [5, 5.41) is 15.1. The number of hydrogen-bond acceptors (Lipinski definition) is 5. The number of benzene rings is 2. The average molecular weight is 355 g/mol. The molecule has 0 bridgehead atoms. The van der Waals surface area contributed by atoms with E-state index in [9.17, 15) is 10.1 Å². The quantitative estimate of drug-likeness (QED) is 0.658. The molecule has 1 heterocycles. The minimum Gasteiger partial charge on any atom is -0.347 e. The number of amides is 1. The van der Waals surface area contributed by atoms with E-state index in [1.165, 1.54) is 0 Å². The molecule has 0 radical (unpaired) electrons. The molecule has 0 fully saturated rings. The van der Waals surface area contributed by atoms with Crippen molar-refractivity contribution in [3.8, 4) is 17.5 Å². The summed E-state index contributed by atoms with van der Waals surface area (Å²) in [6.07, 6.45) is 1.60. The largest absolute Gasteiger partial charge is 0.347 e. The third-order valence-electron chi connectivity index (χ3n) is 3.71. The lowest BCUT2D eigenvalue weighted by Crippen LogP contribution is -2.24. The lowest BCUT2D eigenvalue weighted by atomic mass is 10.2. The van der Waals surface area contributed by atoms with Gasteiger partial charge in [-0.2, -0.15) is 5.26 Å². The number of aromatic nitrogens is 2. The second kappa shape index (κ2) is 8.41. The summed E-state index contributed by atoms with van der Waals surface area (Å²) in [5.41, 5.74) is 2.10. The van der Waals surface area contributed by atoms with Crippen molar-refractivity contribution in [2.24, 2.45) is 0 Å². The first-order valence-corrected chi connectivity index (χ1v) is 8.31. The van der Waals surface area contributed by atoms with Crippen LogP contribution in [0.1, 0.15) is 16.1 Å². The molecule has 0 aliphatic rings. The molecule has 1 amide bonds. The number of para-hydroxylation sites is 1. The molecule has 0 atom stereocenters. The van der Waals surface area contributed by atoms with E-state index >= 15 is 0 Å². The fourth-order valence-electron chi connectivity index (χ4n) is 2.43. The molecule has 132 valence electrons. The maximum atomic E-state index is 12.4. The zero-order valence-electron chi connectivity index (χ0n) is 14.5. The van der Waals surface area contributed by atoms with Gasteiger partial charge in [-0.15, -0.1) is 6.58 Å². The molecule has 0 saturated heterocycles. The smallest absolute Gasteiger partial charge is 0.270 e. The summed E-state index contributed by atoms with van der Waals surface area (Å²) in [5.74, 6) is 0.514. The van der Waals surface area contributed by atoms with Crippen LogP contribution in [0.5, 0.6) is 0 Å². The van der Waals surface area contributed by atoms with E-state index in [1.807, 2.05) is 36.4 Å². The molecular weight excluding hydrogens is 338 g/mol. The molecule has 0 aliphatic heterocycles. The van der Waals surface area contributed by atoms with Crippen LogP contribution in [0.3, 0.4) is 0 Å². The van der Waals surface area contributed by atoms with Crippen LogP contribution in [-0.2, 0) is 0 Å². The molecule has 2 aromatic carbocycles. The number of anilines is 2. The maximum absolute atomic E-state index is 12.4. The summed E-state index contributed by atoms with van der Waals surface area (Å²) >= 11 is 0. The monoisotopic (exact) mass is 355 g/mol. The molecule has 6 heteroatoms. The number of nitrogens with zero attached hydrogens (tertiary/aromatic N) is 3. The summed E-state index contributed by atoms with van der Waals surface area (Å²) in [6.45, 7) is 3.93.